The predicted octanol–water partition coefficient (Wildman–Crippen LogP) is 3.15. The Bertz CT molecular complexity index is 526. The van der Waals surface area contributed by atoms with Crippen molar-refractivity contribution in [1.29, 1.82) is 0 Å². The van der Waals surface area contributed by atoms with Gasteiger partial charge in [0.25, 0.3) is 0 Å². The molecule has 0 radical (unpaired) electrons. The van der Waals surface area contributed by atoms with Gasteiger partial charge in [-0.1, -0.05) is 26.8 Å². The molecule has 1 N–H and O–H groups in total. The Balaban J connectivity index is 3.01. The van der Waals surface area contributed by atoms with Crippen LogP contribution < -0.4 is 4.72 Å². The van der Waals surface area contributed by atoms with Gasteiger partial charge in [-0.25, -0.2) is 17.5 Å². The molecule has 1 atom stereocenters. The van der Waals surface area contributed by atoms with Gasteiger partial charge in [0.15, 0.2) is 0 Å². The van der Waals surface area contributed by atoms with E-state index in [1.807, 2.05) is 20.8 Å². The van der Waals surface area contributed by atoms with Crippen LogP contribution >= 0.6 is 11.6 Å². The van der Waals surface area contributed by atoms with Gasteiger partial charge in [-0.2, -0.15) is 0 Å². The highest BCUT2D eigenvalue weighted by molar-refractivity contribution is 7.89. The summed E-state index contributed by atoms with van der Waals surface area (Å²) in [6.45, 7) is 5.79. The normalized spacial score (nSPS) is 14.4. The molecule has 108 valence electrons. The lowest BCUT2D eigenvalue weighted by Gasteiger charge is -2.30. The molecule has 19 heavy (non-hydrogen) atoms. The number of rotatable bonds is 5. The lowest BCUT2D eigenvalue weighted by molar-refractivity contribution is 0.292. The van der Waals surface area contributed by atoms with E-state index in [1.165, 1.54) is 18.2 Å². The highest BCUT2D eigenvalue weighted by atomic mass is 35.5. The summed E-state index contributed by atoms with van der Waals surface area (Å²) in [7, 11) is -3.74. The van der Waals surface area contributed by atoms with E-state index in [1.54, 1.807) is 0 Å². The summed E-state index contributed by atoms with van der Waals surface area (Å²) in [5, 5.41) is 0. The lowest BCUT2D eigenvalue weighted by Crippen LogP contribution is -2.43. The van der Waals surface area contributed by atoms with E-state index >= 15 is 0 Å². The molecule has 1 rings (SSSR count). The van der Waals surface area contributed by atoms with Gasteiger partial charge >= 0.3 is 0 Å². The van der Waals surface area contributed by atoms with Gasteiger partial charge in [0.1, 0.15) is 5.82 Å². The zero-order valence-electron chi connectivity index (χ0n) is 11.3. The summed E-state index contributed by atoms with van der Waals surface area (Å²) in [4.78, 5) is -0.0728. The van der Waals surface area contributed by atoms with Crippen LogP contribution in [0.1, 0.15) is 27.2 Å². The molecule has 0 bridgehead atoms. The van der Waals surface area contributed by atoms with Crippen LogP contribution in [0, 0.1) is 11.2 Å². The molecule has 1 aromatic rings. The van der Waals surface area contributed by atoms with Gasteiger partial charge in [0, 0.05) is 11.9 Å². The van der Waals surface area contributed by atoms with Crippen molar-refractivity contribution in [3.63, 3.8) is 0 Å². The minimum absolute atomic E-state index is 0.0728. The molecule has 0 heterocycles. The Labute approximate surface area is 119 Å². The van der Waals surface area contributed by atoms with Gasteiger partial charge < -0.3 is 0 Å². The molecule has 3 nitrogen and oxygen atoms in total. The van der Waals surface area contributed by atoms with Crippen LogP contribution in [0.25, 0.3) is 0 Å². The molecular formula is C13H19ClFNO2S. The zero-order valence-corrected chi connectivity index (χ0v) is 12.9. The van der Waals surface area contributed by atoms with Crippen molar-refractivity contribution in [3.05, 3.63) is 30.1 Å². The maximum atomic E-state index is 13.1. The molecule has 0 aliphatic heterocycles. The number of alkyl halides is 1. The van der Waals surface area contributed by atoms with Crippen molar-refractivity contribution in [3.8, 4) is 0 Å². The third-order valence-electron chi connectivity index (χ3n) is 2.85. The van der Waals surface area contributed by atoms with E-state index in [2.05, 4.69) is 4.72 Å². The Morgan fingerprint density at radius 3 is 2.47 bits per heavy atom. The molecule has 0 saturated carbocycles. The highest BCUT2D eigenvalue weighted by Crippen LogP contribution is 2.24. The van der Waals surface area contributed by atoms with Crippen LogP contribution in [0.15, 0.2) is 29.2 Å². The fourth-order valence-electron chi connectivity index (χ4n) is 1.67. The van der Waals surface area contributed by atoms with Crippen LogP contribution in [-0.4, -0.2) is 20.3 Å². The average Bonchev–Trinajstić information content (AvgIpc) is 2.27. The number of halogens is 2. The molecular weight excluding hydrogens is 289 g/mol. The second-order valence-electron chi connectivity index (χ2n) is 5.47. The number of hydrogen-bond donors (Lipinski definition) is 1. The van der Waals surface area contributed by atoms with Crippen molar-refractivity contribution < 1.29 is 12.8 Å². The third kappa shape index (κ3) is 4.75. The summed E-state index contributed by atoms with van der Waals surface area (Å²) in [5.74, 6) is -0.222. The molecule has 0 spiro atoms. The smallest absolute Gasteiger partial charge is 0.208 e. The van der Waals surface area contributed by atoms with Crippen molar-refractivity contribution in [2.45, 2.75) is 38.1 Å². The maximum absolute atomic E-state index is 13.1. The van der Waals surface area contributed by atoms with Crippen LogP contribution in [0.2, 0.25) is 0 Å². The largest absolute Gasteiger partial charge is 0.240 e. The Morgan fingerprint density at radius 2 is 2.00 bits per heavy atom. The molecule has 1 aromatic carbocycles. The van der Waals surface area contributed by atoms with Gasteiger partial charge in [0.2, 0.25) is 10.0 Å². The van der Waals surface area contributed by atoms with E-state index in [-0.39, 0.29) is 16.4 Å². The van der Waals surface area contributed by atoms with Gasteiger partial charge in [-0.3, -0.25) is 0 Å². The standard InChI is InChI=1S/C13H19ClFNO2S/c1-13(2,3)12(7-8-14)16-19(17,18)11-6-4-5-10(15)9-11/h4-6,9,12,16H,7-8H2,1-3H3. The fraction of sp³-hybridized carbons (Fsp3) is 0.538. The first-order valence-electron chi connectivity index (χ1n) is 6.00. The summed E-state index contributed by atoms with van der Waals surface area (Å²) in [5.41, 5.74) is -0.269. The van der Waals surface area contributed by atoms with Crippen LogP contribution in [0.3, 0.4) is 0 Å². The van der Waals surface area contributed by atoms with Gasteiger partial charge in [-0.05, 0) is 30.0 Å². The van der Waals surface area contributed by atoms with Crippen LogP contribution in [0.5, 0.6) is 0 Å². The Hall–Kier alpha value is -0.650. The van der Waals surface area contributed by atoms with Crippen LogP contribution in [-0.2, 0) is 10.0 Å². The number of nitrogens with one attached hydrogen (secondary N) is 1. The summed E-state index contributed by atoms with van der Waals surface area (Å²) in [6.07, 6.45) is 0.513. The van der Waals surface area contributed by atoms with Crippen LogP contribution in [0.4, 0.5) is 4.39 Å². The van der Waals surface area contributed by atoms with E-state index < -0.39 is 15.8 Å². The van der Waals surface area contributed by atoms with E-state index in [0.717, 1.165) is 6.07 Å². The van der Waals surface area contributed by atoms with Gasteiger partial charge in [-0.15, -0.1) is 11.6 Å². The summed E-state index contributed by atoms with van der Waals surface area (Å²) >= 11 is 5.71. The average molecular weight is 308 g/mol. The lowest BCUT2D eigenvalue weighted by atomic mass is 9.86. The van der Waals surface area contributed by atoms with E-state index in [0.29, 0.717) is 12.3 Å². The fourth-order valence-corrected chi connectivity index (χ4v) is 3.39. The number of benzene rings is 1. The summed E-state index contributed by atoms with van der Waals surface area (Å²) in [6, 6.07) is 4.64. The topological polar surface area (TPSA) is 46.2 Å². The first-order chi connectivity index (χ1) is 8.66. The van der Waals surface area contributed by atoms with Crippen molar-refractivity contribution >= 4 is 21.6 Å². The first-order valence-corrected chi connectivity index (χ1v) is 8.02. The Morgan fingerprint density at radius 1 is 1.37 bits per heavy atom. The quantitative estimate of drug-likeness (QED) is 0.849. The molecule has 0 amide bonds. The predicted molar refractivity (Wildman–Crippen MR) is 75.3 cm³/mol. The van der Waals surface area contributed by atoms with Crippen molar-refractivity contribution in [1.82, 2.24) is 4.72 Å². The highest BCUT2D eigenvalue weighted by Gasteiger charge is 2.29. The first kappa shape index (κ1) is 16.4. The van der Waals surface area contributed by atoms with E-state index in [4.69, 9.17) is 11.6 Å². The minimum Gasteiger partial charge on any atom is -0.208 e. The monoisotopic (exact) mass is 307 g/mol. The molecule has 0 saturated heterocycles. The SMILES string of the molecule is CC(C)(C)C(CCCl)NS(=O)(=O)c1cccc(F)c1. The van der Waals surface area contributed by atoms with Crippen molar-refractivity contribution in [2.75, 3.05) is 5.88 Å². The molecule has 0 aromatic heterocycles. The number of hydrogen-bond acceptors (Lipinski definition) is 2. The third-order valence-corrected chi connectivity index (χ3v) is 4.53. The number of sulfonamides is 1. The molecule has 1 unspecified atom stereocenters. The molecule has 6 heteroatoms. The second kappa shape index (κ2) is 6.20. The minimum atomic E-state index is -3.74. The molecule has 0 aliphatic rings. The molecule has 0 aliphatic carbocycles. The van der Waals surface area contributed by atoms with E-state index in [9.17, 15) is 12.8 Å². The maximum Gasteiger partial charge on any atom is 0.240 e. The molecule has 0 fully saturated rings. The van der Waals surface area contributed by atoms with Gasteiger partial charge in [0.05, 0.1) is 4.90 Å². The Kier molecular flexibility index (Phi) is 5.35. The zero-order chi connectivity index (χ0) is 14.7. The second-order valence-corrected chi connectivity index (χ2v) is 7.57. The van der Waals surface area contributed by atoms with Crippen molar-refractivity contribution in [2.24, 2.45) is 5.41 Å². The summed E-state index contributed by atoms with van der Waals surface area (Å²) < 4.78 is 40.1.